The van der Waals surface area contributed by atoms with Gasteiger partial charge in [0, 0.05) is 19.7 Å². The smallest absolute Gasteiger partial charge is 0.138 e. The summed E-state index contributed by atoms with van der Waals surface area (Å²) in [5.41, 5.74) is 0. The molecule has 21 heavy (non-hydrogen) atoms. The molecule has 4 nitrogen and oxygen atoms in total. The average Bonchev–Trinajstić information content (AvgIpc) is 2.45. The van der Waals surface area contributed by atoms with Gasteiger partial charge in [-0.1, -0.05) is 37.6 Å². The molecule has 2 N–H and O–H groups in total. The topological polar surface area (TPSA) is 50.7 Å². The Bertz CT molecular complexity index is 388. The van der Waals surface area contributed by atoms with Crippen LogP contribution in [-0.2, 0) is 4.74 Å². The first-order chi connectivity index (χ1) is 10.1. The highest BCUT2D eigenvalue weighted by Gasteiger charge is 2.06. The van der Waals surface area contributed by atoms with Gasteiger partial charge in [-0.25, -0.2) is 0 Å². The molecule has 0 spiro atoms. The highest BCUT2D eigenvalue weighted by atomic mass is 35.5. The van der Waals surface area contributed by atoms with Crippen LogP contribution in [0.15, 0.2) is 24.3 Å². The summed E-state index contributed by atoms with van der Waals surface area (Å²) in [5, 5.41) is 13.5. The number of hydrogen-bond donors (Lipinski definition) is 2. The summed E-state index contributed by atoms with van der Waals surface area (Å²) < 4.78 is 10.9. The molecule has 1 atom stereocenters. The van der Waals surface area contributed by atoms with Crippen LogP contribution in [0, 0.1) is 5.92 Å². The number of nitrogens with one attached hydrogen (secondary N) is 1. The fraction of sp³-hybridized carbons (Fsp3) is 0.625. The molecule has 1 rings (SSSR count). The van der Waals surface area contributed by atoms with E-state index < -0.39 is 6.10 Å². The zero-order valence-corrected chi connectivity index (χ0v) is 13.6. The molecule has 0 radical (unpaired) electrons. The minimum absolute atomic E-state index is 0.213. The minimum atomic E-state index is -0.572. The van der Waals surface area contributed by atoms with Crippen molar-refractivity contribution in [1.82, 2.24) is 5.32 Å². The van der Waals surface area contributed by atoms with Crippen LogP contribution < -0.4 is 10.1 Å². The maximum atomic E-state index is 9.81. The Balaban J connectivity index is 2.01. The molecule has 0 aliphatic carbocycles. The lowest BCUT2D eigenvalue weighted by molar-refractivity contribution is 0.0967. The second-order valence-corrected chi connectivity index (χ2v) is 5.80. The van der Waals surface area contributed by atoms with Crippen molar-refractivity contribution in [3.63, 3.8) is 0 Å². The number of rotatable bonds is 11. The van der Waals surface area contributed by atoms with Crippen molar-refractivity contribution in [3.8, 4) is 5.75 Å². The van der Waals surface area contributed by atoms with Crippen molar-refractivity contribution < 1.29 is 14.6 Å². The van der Waals surface area contributed by atoms with Crippen molar-refractivity contribution in [1.29, 1.82) is 0 Å². The van der Waals surface area contributed by atoms with Gasteiger partial charge < -0.3 is 19.9 Å². The molecule has 5 heteroatoms. The van der Waals surface area contributed by atoms with E-state index in [0.717, 1.165) is 19.6 Å². The highest BCUT2D eigenvalue weighted by molar-refractivity contribution is 6.32. The summed E-state index contributed by atoms with van der Waals surface area (Å²) in [5.74, 6) is 1.26. The van der Waals surface area contributed by atoms with E-state index in [-0.39, 0.29) is 6.61 Å². The van der Waals surface area contributed by atoms with Gasteiger partial charge >= 0.3 is 0 Å². The average molecular weight is 316 g/mol. The molecular weight excluding hydrogens is 290 g/mol. The molecule has 120 valence electrons. The van der Waals surface area contributed by atoms with Gasteiger partial charge in [-0.05, 0) is 24.5 Å². The number of aliphatic hydroxyl groups is 1. The zero-order valence-electron chi connectivity index (χ0n) is 12.8. The van der Waals surface area contributed by atoms with Crippen LogP contribution in [0.5, 0.6) is 5.75 Å². The molecule has 1 aromatic carbocycles. The second kappa shape index (κ2) is 10.9. The maximum absolute atomic E-state index is 9.81. The molecule has 0 bridgehead atoms. The summed E-state index contributed by atoms with van der Waals surface area (Å²) in [6.45, 7) is 7.21. The Morgan fingerprint density at radius 1 is 1.24 bits per heavy atom. The SMILES string of the molecule is CC(C)CCOCCNCC(O)COc1ccccc1Cl. The molecule has 1 aromatic rings. The standard InChI is InChI=1S/C16H26ClNO3/c1-13(2)7-9-20-10-8-18-11-14(19)12-21-16-6-4-3-5-15(16)17/h3-6,13-14,18-19H,7-12H2,1-2H3. The number of hydrogen-bond acceptors (Lipinski definition) is 4. The van der Waals surface area contributed by atoms with Gasteiger partial charge in [0.2, 0.25) is 0 Å². The van der Waals surface area contributed by atoms with Crippen molar-refractivity contribution in [2.24, 2.45) is 5.92 Å². The van der Waals surface area contributed by atoms with E-state index in [1.165, 1.54) is 0 Å². The van der Waals surface area contributed by atoms with Crippen LogP contribution in [0.4, 0.5) is 0 Å². The van der Waals surface area contributed by atoms with Crippen LogP contribution in [0.25, 0.3) is 0 Å². The van der Waals surface area contributed by atoms with Crippen LogP contribution >= 0.6 is 11.6 Å². The number of benzene rings is 1. The summed E-state index contributed by atoms with van der Waals surface area (Å²) in [6.07, 6.45) is 0.505. The normalized spacial score (nSPS) is 12.6. The number of aliphatic hydroxyl groups excluding tert-OH is 1. The fourth-order valence-electron chi connectivity index (χ4n) is 1.64. The Labute approximate surface area is 132 Å². The molecule has 0 saturated carbocycles. The largest absolute Gasteiger partial charge is 0.489 e. The third kappa shape index (κ3) is 8.94. The fourth-order valence-corrected chi connectivity index (χ4v) is 1.83. The summed E-state index contributed by atoms with van der Waals surface area (Å²) >= 11 is 5.97. The lowest BCUT2D eigenvalue weighted by atomic mass is 10.1. The molecule has 0 aliphatic heterocycles. The second-order valence-electron chi connectivity index (χ2n) is 5.39. The number of para-hydroxylation sites is 1. The van der Waals surface area contributed by atoms with Gasteiger partial charge in [-0.2, -0.15) is 0 Å². The van der Waals surface area contributed by atoms with E-state index in [1.54, 1.807) is 12.1 Å². The zero-order chi connectivity index (χ0) is 15.5. The lowest BCUT2D eigenvalue weighted by Gasteiger charge is -2.14. The molecule has 0 fully saturated rings. The summed E-state index contributed by atoms with van der Waals surface area (Å²) in [7, 11) is 0. The molecular formula is C16H26ClNO3. The van der Waals surface area contributed by atoms with E-state index in [1.807, 2.05) is 12.1 Å². The monoisotopic (exact) mass is 315 g/mol. The van der Waals surface area contributed by atoms with Crippen molar-refractivity contribution >= 4 is 11.6 Å². The van der Waals surface area contributed by atoms with Crippen LogP contribution in [0.1, 0.15) is 20.3 Å². The van der Waals surface area contributed by atoms with Crippen molar-refractivity contribution in [2.75, 3.05) is 32.9 Å². The predicted molar refractivity (Wildman–Crippen MR) is 86.1 cm³/mol. The molecule has 0 saturated heterocycles. The first-order valence-electron chi connectivity index (χ1n) is 7.43. The Morgan fingerprint density at radius 2 is 2.00 bits per heavy atom. The number of ether oxygens (including phenoxy) is 2. The first kappa shape index (κ1) is 18.2. The van der Waals surface area contributed by atoms with E-state index in [2.05, 4.69) is 19.2 Å². The molecule has 0 aromatic heterocycles. The maximum Gasteiger partial charge on any atom is 0.138 e. The molecule has 0 heterocycles. The van der Waals surface area contributed by atoms with Crippen molar-refractivity contribution in [2.45, 2.75) is 26.4 Å². The highest BCUT2D eigenvalue weighted by Crippen LogP contribution is 2.22. The van der Waals surface area contributed by atoms with Gasteiger partial charge in [-0.3, -0.25) is 0 Å². The van der Waals surface area contributed by atoms with Crippen LogP contribution in [0.3, 0.4) is 0 Å². The van der Waals surface area contributed by atoms with E-state index in [0.29, 0.717) is 29.8 Å². The summed E-state index contributed by atoms with van der Waals surface area (Å²) in [6, 6.07) is 7.23. The van der Waals surface area contributed by atoms with Gasteiger partial charge in [-0.15, -0.1) is 0 Å². The Hall–Kier alpha value is -0.810. The van der Waals surface area contributed by atoms with Gasteiger partial charge in [0.05, 0.1) is 11.6 Å². The van der Waals surface area contributed by atoms with Crippen LogP contribution in [0.2, 0.25) is 5.02 Å². The number of halogens is 1. The first-order valence-corrected chi connectivity index (χ1v) is 7.81. The third-order valence-electron chi connectivity index (χ3n) is 2.91. The van der Waals surface area contributed by atoms with Gasteiger partial charge in [0.1, 0.15) is 18.5 Å². The van der Waals surface area contributed by atoms with E-state index >= 15 is 0 Å². The predicted octanol–water partition coefficient (Wildman–Crippen LogP) is 2.73. The molecule has 0 aliphatic rings. The van der Waals surface area contributed by atoms with E-state index in [9.17, 15) is 5.11 Å². The van der Waals surface area contributed by atoms with Gasteiger partial charge in [0.25, 0.3) is 0 Å². The Morgan fingerprint density at radius 3 is 2.71 bits per heavy atom. The molecule has 1 unspecified atom stereocenters. The third-order valence-corrected chi connectivity index (χ3v) is 3.22. The quantitative estimate of drug-likeness (QED) is 0.617. The Kier molecular flexibility index (Phi) is 9.42. The van der Waals surface area contributed by atoms with Crippen molar-refractivity contribution in [3.05, 3.63) is 29.3 Å². The van der Waals surface area contributed by atoms with E-state index in [4.69, 9.17) is 21.1 Å². The molecule has 0 amide bonds. The minimum Gasteiger partial charge on any atom is -0.489 e. The van der Waals surface area contributed by atoms with Crippen LogP contribution in [-0.4, -0.2) is 44.1 Å². The lowest BCUT2D eigenvalue weighted by Crippen LogP contribution is -2.33. The summed E-state index contributed by atoms with van der Waals surface area (Å²) in [4.78, 5) is 0. The van der Waals surface area contributed by atoms with Gasteiger partial charge in [0.15, 0.2) is 0 Å².